The van der Waals surface area contributed by atoms with Gasteiger partial charge in [-0.15, -0.1) is 11.3 Å². The molecule has 0 atom stereocenters. The number of carbonyl (C=O) groups excluding carboxylic acids is 2. The predicted octanol–water partition coefficient (Wildman–Crippen LogP) is 0.834. The van der Waals surface area contributed by atoms with Crippen LogP contribution in [0.2, 0.25) is 0 Å². The highest BCUT2D eigenvalue weighted by atomic mass is 32.1. The Kier molecular flexibility index (Phi) is 3.68. The summed E-state index contributed by atoms with van der Waals surface area (Å²) >= 11 is 1.25. The summed E-state index contributed by atoms with van der Waals surface area (Å²) in [4.78, 5) is 26.8. The lowest BCUT2D eigenvalue weighted by Crippen LogP contribution is -2.11. The summed E-state index contributed by atoms with van der Waals surface area (Å²) in [6.45, 7) is 0. The quantitative estimate of drug-likeness (QED) is 0.799. The van der Waals surface area contributed by atoms with Crippen molar-refractivity contribution in [2.45, 2.75) is 6.42 Å². The molecule has 2 aromatic heterocycles. The third-order valence-corrected chi connectivity index (χ3v) is 2.89. The molecule has 0 fully saturated rings. The van der Waals surface area contributed by atoms with Crippen LogP contribution in [-0.4, -0.2) is 34.2 Å². The molecule has 94 valence electrons. The standard InChI is InChI=1S/C10H10N4O3S/c1-17-8(15)2-7-5-18-10(13-7)14-9(16)6-3-11-12-4-6/h3-5H,2H2,1H3,(H,11,12)(H,13,14,16). The molecule has 18 heavy (non-hydrogen) atoms. The summed E-state index contributed by atoms with van der Waals surface area (Å²) in [5.74, 6) is -0.671. The molecule has 0 aliphatic carbocycles. The average Bonchev–Trinajstić information content (AvgIpc) is 3.00. The van der Waals surface area contributed by atoms with Gasteiger partial charge in [-0.1, -0.05) is 0 Å². The summed E-state index contributed by atoms with van der Waals surface area (Å²) in [6.07, 6.45) is 2.99. The maximum absolute atomic E-state index is 11.7. The monoisotopic (exact) mass is 266 g/mol. The fourth-order valence-corrected chi connectivity index (χ4v) is 1.92. The molecule has 0 unspecified atom stereocenters. The van der Waals surface area contributed by atoms with Crippen LogP contribution in [0, 0.1) is 0 Å². The molecular formula is C10H10N4O3S. The van der Waals surface area contributed by atoms with Gasteiger partial charge in [0, 0.05) is 11.6 Å². The number of aromatic amines is 1. The second-order valence-electron chi connectivity index (χ2n) is 3.34. The fraction of sp³-hybridized carbons (Fsp3) is 0.200. The second-order valence-corrected chi connectivity index (χ2v) is 4.20. The van der Waals surface area contributed by atoms with Crippen molar-refractivity contribution >= 4 is 28.3 Å². The number of anilines is 1. The van der Waals surface area contributed by atoms with Gasteiger partial charge in [0.05, 0.1) is 31.0 Å². The average molecular weight is 266 g/mol. The predicted molar refractivity (Wildman–Crippen MR) is 64.4 cm³/mol. The third-order valence-electron chi connectivity index (χ3n) is 2.09. The number of carbonyl (C=O) groups is 2. The van der Waals surface area contributed by atoms with Gasteiger partial charge < -0.3 is 4.74 Å². The number of nitrogens with one attached hydrogen (secondary N) is 2. The van der Waals surface area contributed by atoms with Crippen LogP contribution in [0.4, 0.5) is 5.13 Å². The molecule has 0 saturated carbocycles. The number of nitrogens with zero attached hydrogens (tertiary/aromatic N) is 2. The number of esters is 1. The topological polar surface area (TPSA) is 97.0 Å². The summed E-state index contributed by atoms with van der Waals surface area (Å²) in [7, 11) is 1.32. The van der Waals surface area contributed by atoms with E-state index in [0.717, 1.165) is 0 Å². The van der Waals surface area contributed by atoms with E-state index in [1.165, 1.54) is 30.8 Å². The first-order valence-electron chi connectivity index (χ1n) is 5.00. The van der Waals surface area contributed by atoms with Crippen molar-refractivity contribution in [1.29, 1.82) is 0 Å². The molecule has 8 heteroatoms. The highest BCUT2D eigenvalue weighted by Gasteiger charge is 2.11. The van der Waals surface area contributed by atoms with Crippen molar-refractivity contribution in [3.05, 3.63) is 29.0 Å². The third kappa shape index (κ3) is 2.92. The molecule has 2 rings (SSSR count). The largest absolute Gasteiger partial charge is 0.469 e. The van der Waals surface area contributed by atoms with Crippen LogP contribution in [0.1, 0.15) is 16.1 Å². The fourth-order valence-electron chi connectivity index (χ4n) is 1.21. The van der Waals surface area contributed by atoms with Crippen molar-refractivity contribution in [3.63, 3.8) is 0 Å². The first-order valence-corrected chi connectivity index (χ1v) is 5.88. The lowest BCUT2D eigenvalue weighted by molar-refractivity contribution is -0.139. The van der Waals surface area contributed by atoms with E-state index in [9.17, 15) is 9.59 Å². The Labute approximate surface area is 106 Å². The molecule has 2 N–H and O–H groups in total. The number of H-pyrrole nitrogens is 1. The van der Waals surface area contributed by atoms with E-state index >= 15 is 0 Å². The van der Waals surface area contributed by atoms with E-state index < -0.39 is 0 Å². The molecule has 7 nitrogen and oxygen atoms in total. The Morgan fingerprint density at radius 1 is 1.56 bits per heavy atom. The van der Waals surface area contributed by atoms with E-state index in [1.807, 2.05) is 0 Å². The SMILES string of the molecule is COC(=O)Cc1csc(NC(=O)c2cn[nH]c2)n1. The Hall–Kier alpha value is -2.22. The number of hydrogen-bond acceptors (Lipinski definition) is 6. The van der Waals surface area contributed by atoms with Crippen molar-refractivity contribution in [2.75, 3.05) is 12.4 Å². The Morgan fingerprint density at radius 3 is 3.06 bits per heavy atom. The Balaban J connectivity index is 1.98. The smallest absolute Gasteiger partial charge is 0.311 e. The van der Waals surface area contributed by atoms with Crippen LogP contribution in [0.3, 0.4) is 0 Å². The summed E-state index contributed by atoms with van der Waals surface area (Å²) in [5.41, 5.74) is 0.981. The zero-order valence-electron chi connectivity index (χ0n) is 9.47. The molecule has 2 aromatic rings. The number of thiazole rings is 1. The maximum Gasteiger partial charge on any atom is 0.311 e. The zero-order chi connectivity index (χ0) is 13.0. The lowest BCUT2D eigenvalue weighted by Gasteiger charge is -1.97. The van der Waals surface area contributed by atoms with Gasteiger partial charge in [0.25, 0.3) is 5.91 Å². The first kappa shape index (κ1) is 12.2. The number of hydrogen-bond donors (Lipinski definition) is 2. The van der Waals surface area contributed by atoms with E-state index in [2.05, 4.69) is 25.2 Å². The van der Waals surface area contributed by atoms with Crippen molar-refractivity contribution < 1.29 is 14.3 Å². The van der Waals surface area contributed by atoms with E-state index in [4.69, 9.17) is 0 Å². The molecule has 2 heterocycles. The van der Waals surface area contributed by atoms with Crippen LogP contribution in [0.25, 0.3) is 0 Å². The van der Waals surface area contributed by atoms with E-state index in [0.29, 0.717) is 16.4 Å². The summed E-state index contributed by atoms with van der Waals surface area (Å²) in [6, 6.07) is 0. The number of amides is 1. The normalized spacial score (nSPS) is 10.1. The molecular weight excluding hydrogens is 256 g/mol. The van der Waals surface area contributed by atoms with Gasteiger partial charge in [-0.25, -0.2) is 4.98 Å². The van der Waals surface area contributed by atoms with Gasteiger partial charge in [0.1, 0.15) is 0 Å². The van der Waals surface area contributed by atoms with Gasteiger partial charge in [0.15, 0.2) is 5.13 Å². The molecule has 0 aliphatic heterocycles. The van der Waals surface area contributed by atoms with Crippen LogP contribution in [0.15, 0.2) is 17.8 Å². The number of aromatic nitrogens is 3. The maximum atomic E-state index is 11.7. The second kappa shape index (κ2) is 5.41. The zero-order valence-corrected chi connectivity index (χ0v) is 10.3. The van der Waals surface area contributed by atoms with Crippen molar-refractivity contribution in [2.24, 2.45) is 0 Å². The summed E-state index contributed by atoms with van der Waals surface area (Å²) in [5, 5.41) is 11.0. The Morgan fingerprint density at radius 2 is 2.39 bits per heavy atom. The van der Waals surface area contributed by atoms with Crippen LogP contribution in [0.5, 0.6) is 0 Å². The van der Waals surface area contributed by atoms with Crippen LogP contribution in [-0.2, 0) is 16.0 Å². The molecule has 0 radical (unpaired) electrons. The van der Waals surface area contributed by atoms with Crippen molar-refractivity contribution in [3.8, 4) is 0 Å². The van der Waals surface area contributed by atoms with Crippen LogP contribution < -0.4 is 5.32 Å². The minimum absolute atomic E-state index is 0.0918. The Bertz CT molecular complexity index is 549. The molecule has 0 saturated heterocycles. The van der Waals surface area contributed by atoms with Gasteiger partial charge in [-0.3, -0.25) is 20.0 Å². The molecule has 0 aliphatic rings. The van der Waals surface area contributed by atoms with Crippen molar-refractivity contribution in [1.82, 2.24) is 15.2 Å². The molecule has 0 bridgehead atoms. The highest BCUT2D eigenvalue weighted by molar-refractivity contribution is 7.14. The number of methoxy groups -OCH3 is 1. The lowest BCUT2D eigenvalue weighted by atomic mass is 10.3. The van der Waals surface area contributed by atoms with Gasteiger partial charge in [-0.05, 0) is 0 Å². The first-order chi connectivity index (χ1) is 8.69. The van der Waals surface area contributed by atoms with E-state index in [-0.39, 0.29) is 18.3 Å². The summed E-state index contributed by atoms with van der Waals surface area (Å²) < 4.78 is 4.53. The van der Waals surface area contributed by atoms with Crippen LogP contribution >= 0.6 is 11.3 Å². The minimum Gasteiger partial charge on any atom is -0.469 e. The molecule has 0 spiro atoms. The number of rotatable bonds is 4. The molecule has 1 amide bonds. The van der Waals surface area contributed by atoms with Gasteiger partial charge >= 0.3 is 5.97 Å². The molecule has 0 aromatic carbocycles. The van der Waals surface area contributed by atoms with E-state index in [1.54, 1.807) is 5.38 Å². The highest BCUT2D eigenvalue weighted by Crippen LogP contribution is 2.16. The minimum atomic E-state index is -0.368. The van der Waals surface area contributed by atoms with Gasteiger partial charge in [-0.2, -0.15) is 5.10 Å². The number of ether oxygens (including phenoxy) is 1. The van der Waals surface area contributed by atoms with Gasteiger partial charge in [0.2, 0.25) is 0 Å².